The molecule has 1 unspecified atom stereocenters. The Balaban J connectivity index is 2.12. The summed E-state index contributed by atoms with van der Waals surface area (Å²) in [6.45, 7) is 2.22. The van der Waals surface area contributed by atoms with Gasteiger partial charge in [-0.3, -0.25) is 4.79 Å². The molecular formula is C9H17NO2. The Morgan fingerprint density at radius 1 is 1.58 bits per heavy atom. The lowest BCUT2D eigenvalue weighted by molar-refractivity contribution is -0.146. The van der Waals surface area contributed by atoms with E-state index in [1.165, 1.54) is 25.7 Å². The van der Waals surface area contributed by atoms with Gasteiger partial charge in [0.25, 0.3) is 0 Å². The zero-order chi connectivity index (χ0) is 8.97. The lowest BCUT2D eigenvalue weighted by atomic mass is 10.1. The van der Waals surface area contributed by atoms with Crippen molar-refractivity contribution in [2.45, 2.75) is 38.6 Å². The highest BCUT2D eigenvalue weighted by molar-refractivity contribution is 5.74. The second-order valence-electron chi connectivity index (χ2n) is 3.57. The quantitative estimate of drug-likeness (QED) is 0.646. The van der Waals surface area contributed by atoms with Gasteiger partial charge in [0.05, 0.1) is 6.61 Å². The molecular weight excluding hydrogens is 154 g/mol. The molecule has 2 N–H and O–H groups in total. The van der Waals surface area contributed by atoms with Crippen molar-refractivity contribution in [1.82, 2.24) is 0 Å². The number of carbonyl (C=O) groups is 1. The summed E-state index contributed by atoms with van der Waals surface area (Å²) in [4.78, 5) is 11.0. The first kappa shape index (κ1) is 9.52. The maximum atomic E-state index is 11.0. The normalized spacial score (nSPS) is 20.8. The van der Waals surface area contributed by atoms with E-state index in [0.29, 0.717) is 12.5 Å². The predicted octanol–water partition coefficient (Wildman–Crippen LogP) is 1.07. The van der Waals surface area contributed by atoms with Crippen LogP contribution in [0.2, 0.25) is 0 Å². The van der Waals surface area contributed by atoms with Gasteiger partial charge in [-0.25, -0.2) is 0 Å². The number of nitrogens with two attached hydrogens (primary N) is 1. The fourth-order valence-electron chi connectivity index (χ4n) is 1.51. The first-order valence-electron chi connectivity index (χ1n) is 4.62. The summed E-state index contributed by atoms with van der Waals surface area (Å²) in [5.41, 5.74) is 5.35. The average molecular weight is 171 g/mol. The fraction of sp³-hybridized carbons (Fsp3) is 0.889. The van der Waals surface area contributed by atoms with Gasteiger partial charge in [-0.05, 0) is 25.7 Å². The minimum Gasteiger partial charge on any atom is -0.464 e. The number of rotatable bonds is 3. The number of hydrogen-bond donors (Lipinski definition) is 1. The van der Waals surface area contributed by atoms with Crippen LogP contribution >= 0.6 is 0 Å². The monoisotopic (exact) mass is 171 g/mol. The van der Waals surface area contributed by atoms with Crippen molar-refractivity contribution in [1.29, 1.82) is 0 Å². The molecule has 0 heterocycles. The van der Waals surface area contributed by atoms with Gasteiger partial charge >= 0.3 is 5.97 Å². The summed E-state index contributed by atoms with van der Waals surface area (Å²) in [7, 11) is 0. The van der Waals surface area contributed by atoms with Gasteiger partial charge in [0.15, 0.2) is 0 Å². The molecule has 0 aromatic rings. The van der Waals surface area contributed by atoms with Crippen molar-refractivity contribution in [3.8, 4) is 0 Å². The molecule has 1 rings (SSSR count). The third-order valence-corrected chi connectivity index (χ3v) is 2.31. The number of ether oxygens (including phenoxy) is 1. The predicted molar refractivity (Wildman–Crippen MR) is 46.6 cm³/mol. The summed E-state index contributed by atoms with van der Waals surface area (Å²) >= 11 is 0. The average Bonchev–Trinajstić information content (AvgIpc) is 2.51. The van der Waals surface area contributed by atoms with Crippen molar-refractivity contribution in [3.63, 3.8) is 0 Å². The summed E-state index contributed by atoms with van der Waals surface area (Å²) in [5.74, 6) is 0.314. The molecule has 0 saturated heterocycles. The van der Waals surface area contributed by atoms with Gasteiger partial charge in [0.1, 0.15) is 6.04 Å². The Hall–Kier alpha value is -0.570. The van der Waals surface area contributed by atoms with Crippen LogP contribution in [-0.2, 0) is 9.53 Å². The molecule has 3 nitrogen and oxygen atoms in total. The molecule has 70 valence electrons. The van der Waals surface area contributed by atoms with Crippen LogP contribution in [0.15, 0.2) is 0 Å². The van der Waals surface area contributed by atoms with Gasteiger partial charge in [-0.2, -0.15) is 0 Å². The van der Waals surface area contributed by atoms with Crippen LogP contribution in [0.4, 0.5) is 0 Å². The van der Waals surface area contributed by atoms with E-state index >= 15 is 0 Å². The van der Waals surface area contributed by atoms with E-state index in [1.54, 1.807) is 6.92 Å². The highest BCUT2D eigenvalue weighted by Crippen LogP contribution is 2.24. The molecule has 0 aromatic carbocycles. The lowest BCUT2D eigenvalue weighted by Crippen LogP contribution is -2.29. The van der Waals surface area contributed by atoms with E-state index in [9.17, 15) is 4.79 Å². The van der Waals surface area contributed by atoms with Crippen LogP contribution < -0.4 is 5.73 Å². The summed E-state index contributed by atoms with van der Waals surface area (Å²) < 4.78 is 5.02. The second kappa shape index (κ2) is 4.45. The molecule has 0 radical (unpaired) electrons. The topological polar surface area (TPSA) is 52.3 Å². The Bertz CT molecular complexity index is 151. The van der Waals surface area contributed by atoms with Crippen LogP contribution in [0.1, 0.15) is 32.6 Å². The van der Waals surface area contributed by atoms with Crippen molar-refractivity contribution in [3.05, 3.63) is 0 Å². The zero-order valence-corrected chi connectivity index (χ0v) is 7.58. The number of hydrogen-bond acceptors (Lipinski definition) is 3. The van der Waals surface area contributed by atoms with E-state index in [-0.39, 0.29) is 5.97 Å². The first-order chi connectivity index (χ1) is 5.70. The second-order valence-corrected chi connectivity index (χ2v) is 3.57. The van der Waals surface area contributed by atoms with Crippen LogP contribution in [0.25, 0.3) is 0 Å². The Morgan fingerprint density at radius 3 is 2.67 bits per heavy atom. The third kappa shape index (κ3) is 2.81. The molecule has 1 aliphatic rings. The molecule has 3 heteroatoms. The molecule has 1 fully saturated rings. The Kier molecular flexibility index (Phi) is 3.53. The van der Waals surface area contributed by atoms with E-state index < -0.39 is 6.04 Å². The van der Waals surface area contributed by atoms with Gasteiger partial charge in [0, 0.05) is 0 Å². The maximum absolute atomic E-state index is 11.0. The van der Waals surface area contributed by atoms with Crippen molar-refractivity contribution in [2.75, 3.05) is 6.61 Å². The van der Waals surface area contributed by atoms with Crippen LogP contribution in [0.5, 0.6) is 0 Å². The molecule has 0 spiro atoms. The standard InChI is InChI=1S/C9H17NO2/c1-7(10)9(11)12-6-8-4-2-3-5-8/h7-8H,2-6,10H2,1H3. The molecule has 0 bridgehead atoms. The Labute approximate surface area is 73.3 Å². The summed E-state index contributed by atoms with van der Waals surface area (Å²) in [6, 6.07) is -0.480. The smallest absolute Gasteiger partial charge is 0.322 e. The van der Waals surface area contributed by atoms with Gasteiger partial charge in [-0.15, -0.1) is 0 Å². The zero-order valence-electron chi connectivity index (χ0n) is 7.58. The van der Waals surface area contributed by atoms with Crippen LogP contribution in [0, 0.1) is 5.92 Å². The fourth-order valence-corrected chi connectivity index (χ4v) is 1.51. The van der Waals surface area contributed by atoms with Crippen LogP contribution in [-0.4, -0.2) is 18.6 Å². The minimum atomic E-state index is -0.480. The Morgan fingerprint density at radius 2 is 2.17 bits per heavy atom. The van der Waals surface area contributed by atoms with Gasteiger partial charge in [-0.1, -0.05) is 12.8 Å². The van der Waals surface area contributed by atoms with Crippen molar-refractivity contribution < 1.29 is 9.53 Å². The number of esters is 1. The summed E-state index contributed by atoms with van der Waals surface area (Å²) in [6.07, 6.45) is 4.96. The van der Waals surface area contributed by atoms with Crippen LogP contribution in [0.3, 0.4) is 0 Å². The molecule has 1 aliphatic carbocycles. The van der Waals surface area contributed by atoms with Gasteiger partial charge < -0.3 is 10.5 Å². The summed E-state index contributed by atoms with van der Waals surface area (Å²) in [5, 5.41) is 0. The van der Waals surface area contributed by atoms with E-state index in [0.717, 1.165) is 0 Å². The first-order valence-corrected chi connectivity index (χ1v) is 4.62. The number of carbonyl (C=O) groups excluding carboxylic acids is 1. The highest BCUT2D eigenvalue weighted by atomic mass is 16.5. The largest absolute Gasteiger partial charge is 0.464 e. The minimum absolute atomic E-state index is 0.276. The molecule has 0 aromatic heterocycles. The SMILES string of the molecule is CC(N)C(=O)OCC1CCCC1. The molecule has 1 atom stereocenters. The maximum Gasteiger partial charge on any atom is 0.322 e. The lowest BCUT2D eigenvalue weighted by Gasteiger charge is -2.11. The van der Waals surface area contributed by atoms with Gasteiger partial charge in [0.2, 0.25) is 0 Å². The van der Waals surface area contributed by atoms with E-state index in [4.69, 9.17) is 10.5 Å². The molecule has 0 amide bonds. The molecule has 12 heavy (non-hydrogen) atoms. The van der Waals surface area contributed by atoms with E-state index in [1.807, 2.05) is 0 Å². The third-order valence-electron chi connectivity index (χ3n) is 2.31. The molecule has 0 aliphatic heterocycles. The van der Waals surface area contributed by atoms with E-state index in [2.05, 4.69) is 0 Å². The highest BCUT2D eigenvalue weighted by Gasteiger charge is 2.17. The molecule has 1 saturated carbocycles. The van der Waals surface area contributed by atoms with Crippen molar-refractivity contribution in [2.24, 2.45) is 11.7 Å². The van der Waals surface area contributed by atoms with Crippen molar-refractivity contribution >= 4 is 5.97 Å².